The predicted molar refractivity (Wildman–Crippen MR) is 185 cm³/mol. The van der Waals surface area contributed by atoms with E-state index in [1.165, 1.54) is 52.7 Å². The lowest BCUT2D eigenvalue weighted by atomic mass is 9.91. The zero-order chi connectivity index (χ0) is 40.8. The fraction of sp³-hybridized carbons (Fsp3) is 0.471. The Bertz CT molecular complexity index is 1840. The third-order valence-electron chi connectivity index (χ3n) is 9.01. The third-order valence-corrected chi connectivity index (χ3v) is 11.3. The monoisotopic (exact) mass is 814 g/mol. The van der Waals surface area contributed by atoms with Crippen LogP contribution in [-0.4, -0.2) is 81.3 Å². The standard InChI is InChI=1S/2C17H20F3NO5S/c2*1-10-6-12-8-13(25-2)7-11(4-5-15(22)26-3)16(12)14(10)9-21-27(23,24)17(18,19)20/h2*4-5,7-8,10,14,21H,6,9H2,1-3H3/b2*5-4+/t2*10-,14-/m11/s1. The number of rotatable bonds is 12. The number of alkyl halides is 6. The molecular formula is C34H40F6N2O10S2. The van der Waals surface area contributed by atoms with Gasteiger partial charge >= 0.3 is 43.0 Å². The highest BCUT2D eigenvalue weighted by atomic mass is 32.2. The Balaban J connectivity index is 0.000000290. The van der Waals surface area contributed by atoms with E-state index in [4.69, 9.17) is 9.47 Å². The molecule has 4 atom stereocenters. The van der Waals surface area contributed by atoms with Crippen LogP contribution in [0.1, 0.15) is 59.1 Å². The molecule has 4 rings (SSSR count). The van der Waals surface area contributed by atoms with E-state index in [2.05, 4.69) is 9.47 Å². The summed E-state index contributed by atoms with van der Waals surface area (Å²) in [6, 6.07) is 6.81. The van der Waals surface area contributed by atoms with Gasteiger partial charge in [0.15, 0.2) is 0 Å². The highest BCUT2D eigenvalue weighted by Crippen LogP contribution is 2.44. The topological polar surface area (TPSA) is 163 Å². The van der Waals surface area contributed by atoms with Crippen LogP contribution in [0.4, 0.5) is 26.3 Å². The Hall–Kier alpha value is -4.14. The lowest BCUT2D eigenvalue weighted by Crippen LogP contribution is -2.39. The molecule has 2 N–H and O–H groups in total. The molecule has 0 bridgehead atoms. The Morgan fingerprint density at radius 2 is 1.00 bits per heavy atom. The largest absolute Gasteiger partial charge is 0.511 e. The molecule has 0 saturated heterocycles. The van der Waals surface area contributed by atoms with Gasteiger partial charge in [-0.2, -0.15) is 26.3 Å². The second-order valence-corrected chi connectivity index (χ2v) is 16.0. The molecule has 0 aromatic heterocycles. The van der Waals surface area contributed by atoms with E-state index in [-0.39, 0.29) is 11.8 Å². The van der Waals surface area contributed by atoms with E-state index < -0.39 is 67.9 Å². The van der Waals surface area contributed by atoms with Crippen LogP contribution < -0.4 is 18.9 Å². The summed E-state index contributed by atoms with van der Waals surface area (Å²) in [6.07, 6.45) is 6.44. The molecule has 2 aliphatic rings. The number of benzene rings is 2. The molecule has 0 unspecified atom stereocenters. The lowest BCUT2D eigenvalue weighted by molar-refractivity contribution is -0.135. The fourth-order valence-corrected chi connectivity index (χ4v) is 7.46. The Labute approximate surface area is 309 Å². The van der Waals surface area contributed by atoms with Crippen molar-refractivity contribution in [1.29, 1.82) is 0 Å². The highest BCUT2D eigenvalue weighted by molar-refractivity contribution is 7.90. The molecule has 2 aliphatic carbocycles. The van der Waals surface area contributed by atoms with Gasteiger partial charge in [-0.15, -0.1) is 0 Å². The van der Waals surface area contributed by atoms with Gasteiger partial charge in [-0.05, 0) is 94.5 Å². The van der Waals surface area contributed by atoms with Crippen molar-refractivity contribution in [2.45, 2.75) is 49.5 Å². The van der Waals surface area contributed by atoms with Crippen LogP contribution >= 0.6 is 0 Å². The minimum absolute atomic E-state index is 0.103. The third kappa shape index (κ3) is 10.5. The minimum atomic E-state index is -5.43. The number of halogens is 6. The molecular weight excluding hydrogens is 775 g/mol. The zero-order valence-electron chi connectivity index (χ0n) is 29.9. The number of sulfonamides is 2. The minimum Gasteiger partial charge on any atom is -0.497 e. The molecule has 0 amide bonds. The Morgan fingerprint density at radius 1 is 0.667 bits per heavy atom. The van der Waals surface area contributed by atoms with Crippen LogP contribution in [0.5, 0.6) is 11.5 Å². The fourth-order valence-electron chi connectivity index (χ4n) is 6.34. The number of carbonyl (C=O) groups excluding carboxylic acids is 2. The summed E-state index contributed by atoms with van der Waals surface area (Å²) in [6.45, 7) is 2.85. The first-order valence-corrected chi connectivity index (χ1v) is 19.0. The van der Waals surface area contributed by atoms with Crippen molar-refractivity contribution >= 4 is 44.1 Å². The zero-order valence-corrected chi connectivity index (χ0v) is 31.6. The summed E-state index contributed by atoms with van der Waals surface area (Å²) in [7, 11) is -5.47. The molecule has 0 radical (unpaired) electrons. The van der Waals surface area contributed by atoms with E-state index in [0.717, 1.165) is 11.1 Å². The average Bonchev–Trinajstić information content (AvgIpc) is 3.60. The summed E-state index contributed by atoms with van der Waals surface area (Å²) in [5, 5.41) is 0. The molecule has 12 nitrogen and oxygen atoms in total. The van der Waals surface area contributed by atoms with Gasteiger partial charge in [0.2, 0.25) is 0 Å². The Kier molecular flexibility index (Phi) is 14.4. The van der Waals surface area contributed by atoms with E-state index in [1.807, 2.05) is 13.8 Å². The molecule has 0 aliphatic heterocycles. The van der Waals surface area contributed by atoms with Crippen molar-refractivity contribution in [3.63, 3.8) is 0 Å². The first-order chi connectivity index (χ1) is 25.0. The summed E-state index contributed by atoms with van der Waals surface area (Å²) >= 11 is 0. The van der Waals surface area contributed by atoms with Gasteiger partial charge in [0.05, 0.1) is 28.4 Å². The van der Waals surface area contributed by atoms with Gasteiger partial charge in [-0.1, -0.05) is 13.8 Å². The van der Waals surface area contributed by atoms with Gasteiger partial charge in [0.25, 0.3) is 0 Å². The van der Waals surface area contributed by atoms with Crippen molar-refractivity contribution in [1.82, 2.24) is 9.44 Å². The van der Waals surface area contributed by atoms with Gasteiger partial charge < -0.3 is 18.9 Å². The predicted octanol–water partition coefficient (Wildman–Crippen LogP) is 5.19. The van der Waals surface area contributed by atoms with Crippen LogP contribution in [0.25, 0.3) is 12.2 Å². The second kappa shape index (κ2) is 17.5. The molecule has 2 aromatic carbocycles. The normalized spacial score (nSPS) is 19.9. The highest BCUT2D eigenvalue weighted by Gasteiger charge is 2.47. The van der Waals surface area contributed by atoms with Crippen molar-refractivity contribution < 1.29 is 71.7 Å². The van der Waals surface area contributed by atoms with Crippen molar-refractivity contribution in [3.8, 4) is 11.5 Å². The van der Waals surface area contributed by atoms with Crippen LogP contribution in [-0.2, 0) is 52.0 Å². The first-order valence-electron chi connectivity index (χ1n) is 16.1. The number of nitrogens with one attached hydrogen (secondary N) is 2. The maximum Gasteiger partial charge on any atom is 0.511 e. The van der Waals surface area contributed by atoms with Crippen LogP contribution in [0, 0.1) is 11.8 Å². The maximum atomic E-state index is 12.6. The smallest absolute Gasteiger partial charge is 0.497 e. The summed E-state index contributed by atoms with van der Waals surface area (Å²) in [4.78, 5) is 22.8. The molecule has 0 heterocycles. The molecule has 0 saturated carbocycles. The quantitative estimate of drug-likeness (QED) is 0.166. The molecule has 2 aromatic rings. The van der Waals surface area contributed by atoms with Crippen molar-refractivity contribution in [2.24, 2.45) is 11.8 Å². The average molecular weight is 815 g/mol. The van der Waals surface area contributed by atoms with Gasteiger partial charge in [0, 0.05) is 37.1 Å². The van der Waals surface area contributed by atoms with Gasteiger partial charge in [0.1, 0.15) is 11.5 Å². The van der Waals surface area contributed by atoms with E-state index in [0.29, 0.717) is 46.6 Å². The SMILES string of the molecule is COC(=O)/C=C/c1cc(OC)cc2c1[C@H](CNS(=O)(=O)C(F)(F)F)[C@H](C)C2.COC(=O)/C=C/c1cc(OC)cc2c1[C@H](CNS(=O)(=O)C(F)(F)F)[C@H](C)C2. The molecule has 20 heteroatoms. The van der Waals surface area contributed by atoms with Crippen LogP contribution in [0.15, 0.2) is 36.4 Å². The molecule has 0 fully saturated rings. The lowest BCUT2D eigenvalue weighted by Gasteiger charge is -2.20. The Morgan fingerprint density at radius 3 is 1.28 bits per heavy atom. The number of esters is 2. The first kappa shape index (κ1) is 44.3. The second-order valence-electron chi connectivity index (χ2n) is 12.5. The number of carbonyl (C=O) groups is 2. The van der Waals surface area contributed by atoms with E-state index in [9.17, 15) is 52.8 Å². The molecule has 300 valence electrons. The number of hydrogen-bond acceptors (Lipinski definition) is 10. The summed E-state index contributed by atoms with van der Waals surface area (Å²) < 4.78 is 144. The van der Waals surface area contributed by atoms with Crippen molar-refractivity contribution in [2.75, 3.05) is 41.5 Å². The number of hydrogen-bond donors (Lipinski definition) is 2. The molecule has 54 heavy (non-hydrogen) atoms. The van der Waals surface area contributed by atoms with Crippen LogP contribution in [0.2, 0.25) is 0 Å². The number of fused-ring (bicyclic) bond motifs is 2. The van der Waals surface area contributed by atoms with Gasteiger partial charge in [-0.3, -0.25) is 0 Å². The number of ether oxygens (including phenoxy) is 4. The summed E-state index contributed by atoms with van der Waals surface area (Å²) in [5.74, 6) is -1.30. The maximum absolute atomic E-state index is 12.6. The van der Waals surface area contributed by atoms with E-state index >= 15 is 0 Å². The summed E-state index contributed by atoms with van der Waals surface area (Å²) in [5.41, 5.74) is -6.56. The van der Waals surface area contributed by atoms with E-state index in [1.54, 1.807) is 33.7 Å². The van der Waals surface area contributed by atoms with Crippen LogP contribution in [0.3, 0.4) is 0 Å². The molecule has 0 spiro atoms. The van der Waals surface area contributed by atoms with Crippen molar-refractivity contribution in [3.05, 3.63) is 69.8 Å². The van der Waals surface area contributed by atoms with Gasteiger partial charge in [-0.25, -0.2) is 35.9 Å². The number of methoxy groups -OCH3 is 4.